The molecule has 10 heteroatoms. The van der Waals surface area contributed by atoms with Crippen LogP contribution in [0.3, 0.4) is 0 Å². The van der Waals surface area contributed by atoms with Gasteiger partial charge in [0.15, 0.2) is 34.6 Å². The molecule has 0 spiro atoms. The zero-order valence-electron chi connectivity index (χ0n) is 19.2. The van der Waals surface area contributed by atoms with Crippen molar-refractivity contribution in [2.75, 3.05) is 39.6 Å². The van der Waals surface area contributed by atoms with E-state index in [2.05, 4.69) is 9.98 Å². The van der Waals surface area contributed by atoms with Gasteiger partial charge in [0.2, 0.25) is 0 Å². The third kappa shape index (κ3) is 6.35. The van der Waals surface area contributed by atoms with Gasteiger partial charge in [0.05, 0.1) is 37.8 Å². The third-order valence-corrected chi connectivity index (χ3v) is 5.11. The quantitative estimate of drug-likeness (QED) is 0.467. The molecule has 1 aliphatic heterocycles. The maximum Gasteiger partial charge on any atom is 0.166 e. The minimum atomic E-state index is -1.11. The van der Waals surface area contributed by atoms with Gasteiger partial charge in [0, 0.05) is 35.7 Å². The number of benzene rings is 3. The fourth-order valence-corrected chi connectivity index (χ4v) is 3.27. The molecule has 2 N–H and O–H groups in total. The van der Waals surface area contributed by atoms with Gasteiger partial charge < -0.3 is 29.2 Å². The molecular formula is C26H24F2N2O6. The molecule has 3 aromatic carbocycles. The van der Waals surface area contributed by atoms with Crippen LogP contribution < -0.4 is 9.47 Å². The zero-order chi connectivity index (χ0) is 25.3. The number of rotatable bonds is 0. The largest absolute Gasteiger partial charge is 0.504 e. The summed E-state index contributed by atoms with van der Waals surface area (Å²) in [5.74, 6) is -2.11. The first-order valence-electron chi connectivity index (χ1n) is 11.1. The van der Waals surface area contributed by atoms with Crippen molar-refractivity contribution in [1.29, 1.82) is 0 Å². The Balaban J connectivity index is 1.69. The van der Waals surface area contributed by atoms with Crippen LogP contribution in [0.15, 0.2) is 58.5 Å². The van der Waals surface area contributed by atoms with Crippen LogP contribution in [0.4, 0.5) is 20.2 Å². The predicted molar refractivity (Wildman–Crippen MR) is 130 cm³/mol. The second-order valence-corrected chi connectivity index (χ2v) is 7.58. The molecule has 0 unspecified atom stereocenters. The fraction of sp³-hybridized carbons (Fsp3) is 0.231. The molecule has 0 radical (unpaired) electrons. The van der Waals surface area contributed by atoms with Crippen LogP contribution in [-0.2, 0) is 9.47 Å². The van der Waals surface area contributed by atoms with Crippen LogP contribution in [-0.4, -0.2) is 62.3 Å². The first-order chi connectivity index (χ1) is 17.5. The summed E-state index contributed by atoms with van der Waals surface area (Å²) < 4.78 is 50.0. The molecule has 0 aromatic heterocycles. The number of phenolic OH excluding ortho intramolecular Hbond substituents is 2. The Morgan fingerprint density at radius 3 is 1.47 bits per heavy atom. The highest BCUT2D eigenvalue weighted by Crippen LogP contribution is 2.34. The molecule has 4 bridgehead atoms. The number of aliphatic imine (C=N–C) groups is 2. The Hall–Kier alpha value is -4.02. The van der Waals surface area contributed by atoms with Crippen LogP contribution >= 0.6 is 0 Å². The Labute approximate surface area is 206 Å². The number of phenols is 2. The van der Waals surface area contributed by atoms with Crippen molar-refractivity contribution in [3.05, 3.63) is 71.3 Å². The summed E-state index contributed by atoms with van der Waals surface area (Å²) in [6.07, 6.45) is 2.58. The van der Waals surface area contributed by atoms with Gasteiger partial charge in [-0.05, 0) is 24.3 Å². The van der Waals surface area contributed by atoms with E-state index < -0.39 is 11.6 Å². The van der Waals surface area contributed by atoms with Crippen molar-refractivity contribution >= 4 is 23.8 Å². The van der Waals surface area contributed by atoms with Crippen LogP contribution in [0.2, 0.25) is 0 Å². The number of nitrogens with zero attached hydrogens (tertiary/aromatic N) is 2. The number of fused-ring (bicyclic) bond motifs is 5. The Morgan fingerprint density at radius 2 is 1.03 bits per heavy atom. The Kier molecular flexibility index (Phi) is 8.43. The molecule has 4 rings (SSSR count). The molecule has 36 heavy (non-hydrogen) atoms. The van der Waals surface area contributed by atoms with Crippen LogP contribution in [0, 0.1) is 11.6 Å². The number of ether oxygens (including phenoxy) is 4. The molecule has 0 fully saturated rings. The van der Waals surface area contributed by atoms with Crippen molar-refractivity contribution in [3.8, 4) is 23.0 Å². The van der Waals surface area contributed by atoms with Crippen LogP contribution in [0.5, 0.6) is 23.0 Å². The lowest BCUT2D eigenvalue weighted by atomic mass is 10.2. The number of para-hydroxylation sites is 2. The number of halogens is 2. The number of hydrogen-bond donors (Lipinski definition) is 2. The minimum absolute atomic E-state index is 0.00968. The average molecular weight is 498 g/mol. The SMILES string of the molecule is Oc1c2cccc1OCCOCCOCCOc1cccc(c1O)C=Nc1cc(F)c(F)cc1N=C2. The Bertz CT molecular complexity index is 1170. The molecule has 0 atom stereocenters. The maximum atomic E-state index is 14.0. The molecule has 1 heterocycles. The number of aromatic hydroxyl groups is 2. The van der Waals surface area contributed by atoms with Gasteiger partial charge in [-0.15, -0.1) is 0 Å². The van der Waals surface area contributed by atoms with Gasteiger partial charge in [-0.3, -0.25) is 9.98 Å². The highest BCUT2D eigenvalue weighted by atomic mass is 19.2. The van der Waals surface area contributed by atoms with E-state index in [0.29, 0.717) is 24.3 Å². The molecular weight excluding hydrogens is 474 g/mol. The molecule has 0 aliphatic carbocycles. The summed E-state index contributed by atoms with van der Waals surface area (Å²) in [6.45, 7) is 1.61. The van der Waals surface area contributed by atoms with Gasteiger partial charge in [0.25, 0.3) is 0 Å². The van der Waals surface area contributed by atoms with Crippen molar-refractivity contribution in [3.63, 3.8) is 0 Å². The van der Waals surface area contributed by atoms with E-state index in [9.17, 15) is 19.0 Å². The highest BCUT2D eigenvalue weighted by Gasteiger charge is 2.12. The van der Waals surface area contributed by atoms with E-state index in [-0.39, 0.29) is 60.8 Å². The molecule has 0 saturated carbocycles. The van der Waals surface area contributed by atoms with Crippen molar-refractivity contribution < 1.29 is 37.9 Å². The monoisotopic (exact) mass is 498 g/mol. The maximum absolute atomic E-state index is 14.0. The van der Waals surface area contributed by atoms with Crippen LogP contribution in [0.1, 0.15) is 11.1 Å². The van der Waals surface area contributed by atoms with Crippen molar-refractivity contribution in [2.45, 2.75) is 0 Å². The minimum Gasteiger partial charge on any atom is -0.504 e. The molecule has 188 valence electrons. The van der Waals surface area contributed by atoms with E-state index in [4.69, 9.17) is 18.9 Å². The van der Waals surface area contributed by atoms with Gasteiger partial charge >= 0.3 is 0 Å². The van der Waals surface area contributed by atoms with E-state index in [1.165, 1.54) is 12.4 Å². The lowest BCUT2D eigenvalue weighted by molar-refractivity contribution is 0.0269. The molecule has 8 nitrogen and oxygen atoms in total. The lowest BCUT2D eigenvalue weighted by Gasteiger charge is -2.11. The molecule has 0 saturated heterocycles. The van der Waals surface area contributed by atoms with Gasteiger partial charge in [-0.2, -0.15) is 0 Å². The van der Waals surface area contributed by atoms with E-state index in [0.717, 1.165) is 12.1 Å². The van der Waals surface area contributed by atoms with Gasteiger partial charge in [0.1, 0.15) is 13.2 Å². The van der Waals surface area contributed by atoms with E-state index in [1.54, 1.807) is 36.4 Å². The number of hydrogen-bond acceptors (Lipinski definition) is 8. The molecule has 3 aromatic rings. The average Bonchev–Trinajstić information content (AvgIpc) is 2.87. The van der Waals surface area contributed by atoms with Gasteiger partial charge in [-0.25, -0.2) is 8.78 Å². The highest BCUT2D eigenvalue weighted by molar-refractivity contribution is 5.90. The summed E-state index contributed by atoms with van der Waals surface area (Å²) in [5, 5.41) is 21.1. The summed E-state index contributed by atoms with van der Waals surface area (Å²) in [6, 6.07) is 11.5. The first kappa shape index (κ1) is 25.1. The smallest absolute Gasteiger partial charge is 0.166 e. The second kappa shape index (κ2) is 12.1. The zero-order valence-corrected chi connectivity index (χ0v) is 19.2. The van der Waals surface area contributed by atoms with E-state index in [1.807, 2.05) is 0 Å². The summed E-state index contributed by atoms with van der Waals surface area (Å²) in [5.41, 5.74) is 0.614. The van der Waals surface area contributed by atoms with Crippen molar-refractivity contribution in [2.24, 2.45) is 9.98 Å². The lowest BCUT2D eigenvalue weighted by Crippen LogP contribution is -2.13. The normalized spacial score (nSPS) is 15.1. The van der Waals surface area contributed by atoms with Gasteiger partial charge in [-0.1, -0.05) is 12.1 Å². The first-order valence-corrected chi connectivity index (χ1v) is 11.1. The topological polar surface area (TPSA) is 102 Å². The fourth-order valence-electron chi connectivity index (χ4n) is 3.27. The molecule has 0 amide bonds. The molecule has 1 aliphatic rings. The predicted octanol–water partition coefficient (Wildman–Crippen LogP) is 4.68. The van der Waals surface area contributed by atoms with E-state index >= 15 is 0 Å². The standard InChI is InChI=1S/C26H24F2N2O6/c27-19-13-21-22(14-20(19)28)30-16-18-4-2-6-24(26(18)32)36-12-10-34-8-7-33-9-11-35-23-5-1-3-17(15-29-21)25(23)31/h1-6,13-16,31-32H,7-12H2. The third-order valence-electron chi connectivity index (χ3n) is 5.11. The Morgan fingerprint density at radius 1 is 0.611 bits per heavy atom. The summed E-state index contributed by atoms with van der Waals surface area (Å²) in [7, 11) is 0. The van der Waals surface area contributed by atoms with Crippen molar-refractivity contribution in [1.82, 2.24) is 0 Å². The van der Waals surface area contributed by atoms with Crippen LogP contribution in [0.25, 0.3) is 0 Å². The summed E-state index contributed by atoms with van der Waals surface area (Å²) >= 11 is 0. The summed E-state index contributed by atoms with van der Waals surface area (Å²) in [4.78, 5) is 8.41. The second-order valence-electron chi connectivity index (χ2n) is 7.58.